The van der Waals surface area contributed by atoms with E-state index < -0.39 is 0 Å². The zero-order valence-corrected chi connectivity index (χ0v) is 12.0. The average molecular weight is 249 g/mol. The molecule has 3 nitrogen and oxygen atoms in total. The zero-order chi connectivity index (χ0) is 13.0. The molecular formula is C15H27N3. The van der Waals surface area contributed by atoms with Crippen molar-refractivity contribution in [2.24, 2.45) is 11.3 Å². The minimum atomic E-state index is 0.471. The van der Waals surface area contributed by atoms with Crippen LogP contribution >= 0.6 is 0 Å². The molecule has 0 aromatic carbocycles. The van der Waals surface area contributed by atoms with Crippen LogP contribution in [0.1, 0.15) is 58.6 Å². The first-order chi connectivity index (χ1) is 8.55. The lowest BCUT2D eigenvalue weighted by Crippen LogP contribution is -2.28. The van der Waals surface area contributed by atoms with E-state index in [9.17, 15) is 0 Å². The first-order valence-corrected chi connectivity index (χ1v) is 7.27. The quantitative estimate of drug-likeness (QED) is 0.805. The van der Waals surface area contributed by atoms with Gasteiger partial charge in [-0.2, -0.15) is 5.10 Å². The molecule has 0 bridgehead atoms. The minimum absolute atomic E-state index is 0.471. The fourth-order valence-corrected chi connectivity index (χ4v) is 3.01. The van der Waals surface area contributed by atoms with E-state index in [0.29, 0.717) is 11.5 Å². The van der Waals surface area contributed by atoms with E-state index in [0.717, 1.165) is 12.5 Å². The molecule has 18 heavy (non-hydrogen) atoms. The predicted molar refractivity (Wildman–Crippen MR) is 75.2 cm³/mol. The number of nitrogens with zero attached hydrogens (tertiary/aromatic N) is 1. The monoisotopic (exact) mass is 249 g/mol. The van der Waals surface area contributed by atoms with Gasteiger partial charge in [0.25, 0.3) is 0 Å². The maximum atomic E-state index is 3.98. The zero-order valence-electron chi connectivity index (χ0n) is 12.0. The molecule has 0 amide bonds. The van der Waals surface area contributed by atoms with E-state index in [1.807, 2.05) is 12.3 Å². The average Bonchev–Trinajstić information content (AvgIpc) is 2.69. The van der Waals surface area contributed by atoms with Crippen molar-refractivity contribution in [1.29, 1.82) is 0 Å². The summed E-state index contributed by atoms with van der Waals surface area (Å²) in [5.74, 6) is 0.886. The van der Waals surface area contributed by atoms with Crippen molar-refractivity contribution >= 4 is 0 Å². The molecule has 1 fully saturated rings. The summed E-state index contributed by atoms with van der Waals surface area (Å²) in [6, 6.07) is 2.72. The van der Waals surface area contributed by atoms with Crippen LogP contribution in [-0.2, 0) is 6.54 Å². The molecule has 2 rings (SSSR count). The van der Waals surface area contributed by atoms with Crippen LogP contribution < -0.4 is 5.32 Å². The lowest BCUT2D eigenvalue weighted by molar-refractivity contribution is 0.213. The summed E-state index contributed by atoms with van der Waals surface area (Å²) in [4.78, 5) is 0. The van der Waals surface area contributed by atoms with Gasteiger partial charge < -0.3 is 5.32 Å². The highest BCUT2D eigenvalue weighted by molar-refractivity contribution is 4.97. The normalized spacial score (nSPS) is 25.9. The van der Waals surface area contributed by atoms with Gasteiger partial charge in [-0.25, -0.2) is 0 Å². The Kier molecular flexibility index (Phi) is 4.44. The van der Waals surface area contributed by atoms with Crippen molar-refractivity contribution in [2.75, 3.05) is 0 Å². The van der Waals surface area contributed by atoms with E-state index in [2.05, 4.69) is 36.3 Å². The number of nitrogens with one attached hydrogen (secondary N) is 2. The van der Waals surface area contributed by atoms with Crippen LogP contribution in [0.25, 0.3) is 0 Å². The van der Waals surface area contributed by atoms with E-state index in [1.54, 1.807) is 0 Å². The van der Waals surface area contributed by atoms with Crippen molar-refractivity contribution in [3.8, 4) is 0 Å². The summed E-state index contributed by atoms with van der Waals surface area (Å²) in [5.41, 5.74) is 1.66. The van der Waals surface area contributed by atoms with Crippen LogP contribution in [-0.4, -0.2) is 16.2 Å². The second kappa shape index (κ2) is 5.87. The standard InChI is InChI=1S/C15H27N3/c1-15(2,3)12-5-4-6-13(8-7-12)16-11-14-9-10-17-18-14/h9-10,12-13,16H,4-8,11H2,1-3H3,(H,17,18). The van der Waals surface area contributed by atoms with Gasteiger partial charge in [0.15, 0.2) is 0 Å². The van der Waals surface area contributed by atoms with Crippen molar-refractivity contribution in [1.82, 2.24) is 15.5 Å². The summed E-state index contributed by atoms with van der Waals surface area (Å²) in [6.45, 7) is 8.08. The van der Waals surface area contributed by atoms with Gasteiger partial charge in [0.2, 0.25) is 0 Å². The number of hydrogen-bond acceptors (Lipinski definition) is 2. The summed E-state index contributed by atoms with van der Waals surface area (Å²) in [5, 5.41) is 10.7. The Morgan fingerprint density at radius 3 is 2.78 bits per heavy atom. The number of H-pyrrole nitrogens is 1. The van der Waals surface area contributed by atoms with Gasteiger partial charge in [0.05, 0.1) is 0 Å². The summed E-state index contributed by atoms with van der Waals surface area (Å²) < 4.78 is 0. The highest BCUT2D eigenvalue weighted by Crippen LogP contribution is 2.36. The lowest BCUT2D eigenvalue weighted by atomic mass is 9.76. The third-order valence-corrected chi connectivity index (χ3v) is 4.33. The van der Waals surface area contributed by atoms with Crippen LogP contribution in [0.4, 0.5) is 0 Å². The van der Waals surface area contributed by atoms with Gasteiger partial charge in [-0.1, -0.05) is 27.2 Å². The van der Waals surface area contributed by atoms with Gasteiger partial charge in [0.1, 0.15) is 0 Å². The molecule has 1 aliphatic rings. The molecule has 0 saturated heterocycles. The summed E-state index contributed by atoms with van der Waals surface area (Å²) in [6.07, 6.45) is 8.58. The largest absolute Gasteiger partial charge is 0.308 e. The van der Waals surface area contributed by atoms with Gasteiger partial charge in [-0.05, 0) is 43.1 Å². The number of aromatic amines is 1. The SMILES string of the molecule is CC(C)(C)C1CCCC(NCc2ccn[nH]2)CC1. The Hall–Kier alpha value is -0.830. The Balaban J connectivity index is 1.78. The Morgan fingerprint density at radius 2 is 2.11 bits per heavy atom. The van der Waals surface area contributed by atoms with Crippen LogP contribution in [0.15, 0.2) is 12.3 Å². The summed E-state index contributed by atoms with van der Waals surface area (Å²) in [7, 11) is 0. The Labute approximate surface area is 111 Å². The molecular weight excluding hydrogens is 222 g/mol. The fraction of sp³-hybridized carbons (Fsp3) is 0.800. The smallest absolute Gasteiger partial charge is 0.0490 e. The third kappa shape index (κ3) is 3.84. The number of hydrogen-bond donors (Lipinski definition) is 2. The first kappa shape index (κ1) is 13.6. The van der Waals surface area contributed by atoms with Crippen molar-refractivity contribution in [2.45, 2.75) is 65.5 Å². The maximum Gasteiger partial charge on any atom is 0.0490 e. The molecule has 1 aliphatic carbocycles. The van der Waals surface area contributed by atoms with E-state index in [-0.39, 0.29) is 0 Å². The molecule has 0 spiro atoms. The molecule has 2 unspecified atom stereocenters. The highest BCUT2D eigenvalue weighted by atomic mass is 15.1. The van der Waals surface area contributed by atoms with Crippen molar-refractivity contribution < 1.29 is 0 Å². The molecule has 1 aromatic heterocycles. The van der Waals surface area contributed by atoms with Gasteiger partial charge >= 0.3 is 0 Å². The van der Waals surface area contributed by atoms with E-state index in [1.165, 1.54) is 37.8 Å². The van der Waals surface area contributed by atoms with Gasteiger partial charge in [-0.15, -0.1) is 0 Å². The molecule has 102 valence electrons. The van der Waals surface area contributed by atoms with E-state index >= 15 is 0 Å². The Morgan fingerprint density at radius 1 is 1.28 bits per heavy atom. The highest BCUT2D eigenvalue weighted by Gasteiger charge is 2.27. The topological polar surface area (TPSA) is 40.7 Å². The van der Waals surface area contributed by atoms with Crippen LogP contribution in [0.5, 0.6) is 0 Å². The molecule has 3 heteroatoms. The van der Waals surface area contributed by atoms with Crippen LogP contribution in [0, 0.1) is 11.3 Å². The van der Waals surface area contributed by atoms with E-state index in [4.69, 9.17) is 0 Å². The third-order valence-electron chi connectivity index (χ3n) is 4.33. The lowest BCUT2D eigenvalue weighted by Gasteiger charge is -2.29. The molecule has 1 heterocycles. The van der Waals surface area contributed by atoms with Crippen molar-refractivity contribution in [3.63, 3.8) is 0 Å². The number of aromatic nitrogens is 2. The molecule has 2 atom stereocenters. The summed E-state index contributed by atoms with van der Waals surface area (Å²) >= 11 is 0. The van der Waals surface area contributed by atoms with Gasteiger partial charge in [-0.3, -0.25) is 5.10 Å². The second-order valence-corrected chi connectivity index (χ2v) is 6.73. The van der Waals surface area contributed by atoms with Gasteiger partial charge in [0, 0.05) is 24.5 Å². The van der Waals surface area contributed by atoms with Crippen LogP contribution in [0.2, 0.25) is 0 Å². The second-order valence-electron chi connectivity index (χ2n) is 6.73. The minimum Gasteiger partial charge on any atom is -0.308 e. The Bertz CT molecular complexity index is 337. The molecule has 1 aromatic rings. The maximum absolute atomic E-state index is 3.98. The predicted octanol–water partition coefficient (Wildman–Crippen LogP) is 3.49. The molecule has 0 radical (unpaired) electrons. The molecule has 0 aliphatic heterocycles. The molecule has 1 saturated carbocycles. The fourth-order valence-electron chi connectivity index (χ4n) is 3.01. The molecule has 2 N–H and O–H groups in total. The first-order valence-electron chi connectivity index (χ1n) is 7.27. The number of rotatable bonds is 3. The van der Waals surface area contributed by atoms with Crippen LogP contribution in [0.3, 0.4) is 0 Å². The van der Waals surface area contributed by atoms with Crippen molar-refractivity contribution in [3.05, 3.63) is 18.0 Å².